The summed E-state index contributed by atoms with van der Waals surface area (Å²) in [4.78, 5) is 14.4. The molecule has 1 saturated heterocycles. The Morgan fingerprint density at radius 2 is 1.82 bits per heavy atom. The maximum atomic E-state index is 12.0. The standard InChI is InChI=1S/C18H29N3O/c1-14(2)15(3)19-18(22)20-17-9-11-21(12-10-17)13-16-7-5-4-6-8-16/h4-8,14-15,17H,9-13H2,1-3H3,(H2,19,20,22). The van der Waals surface area contributed by atoms with E-state index in [0.29, 0.717) is 12.0 Å². The van der Waals surface area contributed by atoms with Crippen molar-refractivity contribution in [1.82, 2.24) is 15.5 Å². The fraction of sp³-hybridized carbons (Fsp3) is 0.611. The fourth-order valence-corrected chi connectivity index (χ4v) is 2.68. The number of likely N-dealkylation sites (tertiary alicyclic amines) is 1. The Balaban J connectivity index is 1.70. The van der Waals surface area contributed by atoms with Crippen LogP contribution in [0.4, 0.5) is 4.79 Å². The van der Waals surface area contributed by atoms with Crippen LogP contribution in [0, 0.1) is 5.92 Å². The maximum absolute atomic E-state index is 12.0. The Morgan fingerprint density at radius 1 is 1.18 bits per heavy atom. The van der Waals surface area contributed by atoms with E-state index < -0.39 is 0 Å². The number of benzene rings is 1. The summed E-state index contributed by atoms with van der Waals surface area (Å²) in [6.45, 7) is 9.37. The molecule has 1 atom stereocenters. The van der Waals surface area contributed by atoms with E-state index in [1.54, 1.807) is 0 Å². The summed E-state index contributed by atoms with van der Waals surface area (Å²) >= 11 is 0. The second-order valence-electron chi connectivity index (χ2n) is 6.69. The van der Waals surface area contributed by atoms with Gasteiger partial charge in [0.05, 0.1) is 0 Å². The number of amides is 2. The Morgan fingerprint density at radius 3 is 2.41 bits per heavy atom. The van der Waals surface area contributed by atoms with E-state index in [4.69, 9.17) is 0 Å². The van der Waals surface area contributed by atoms with E-state index in [-0.39, 0.29) is 12.1 Å². The third-order valence-electron chi connectivity index (χ3n) is 4.53. The van der Waals surface area contributed by atoms with Crippen LogP contribution in [0.15, 0.2) is 30.3 Å². The summed E-state index contributed by atoms with van der Waals surface area (Å²) in [6, 6.07) is 11.0. The molecule has 0 aliphatic carbocycles. The van der Waals surface area contributed by atoms with Crippen LogP contribution in [-0.2, 0) is 6.54 Å². The Labute approximate surface area is 134 Å². The number of urea groups is 1. The van der Waals surface area contributed by atoms with Gasteiger partial charge in [-0.25, -0.2) is 4.79 Å². The molecule has 2 amide bonds. The second kappa shape index (κ2) is 8.18. The normalized spacial score (nSPS) is 18.2. The van der Waals surface area contributed by atoms with Gasteiger partial charge < -0.3 is 10.6 Å². The van der Waals surface area contributed by atoms with Gasteiger partial charge in [-0.15, -0.1) is 0 Å². The monoisotopic (exact) mass is 303 g/mol. The molecule has 4 nitrogen and oxygen atoms in total. The van der Waals surface area contributed by atoms with Crippen molar-refractivity contribution < 1.29 is 4.79 Å². The van der Waals surface area contributed by atoms with Crippen LogP contribution in [-0.4, -0.2) is 36.1 Å². The first-order valence-electron chi connectivity index (χ1n) is 8.38. The van der Waals surface area contributed by atoms with E-state index in [2.05, 4.69) is 59.7 Å². The van der Waals surface area contributed by atoms with E-state index in [0.717, 1.165) is 32.5 Å². The van der Waals surface area contributed by atoms with Crippen molar-refractivity contribution in [2.45, 2.75) is 52.2 Å². The van der Waals surface area contributed by atoms with Gasteiger partial charge in [0, 0.05) is 31.7 Å². The molecule has 0 aromatic heterocycles. The second-order valence-corrected chi connectivity index (χ2v) is 6.69. The summed E-state index contributed by atoms with van der Waals surface area (Å²) in [5, 5.41) is 6.13. The van der Waals surface area contributed by atoms with Gasteiger partial charge in [-0.05, 0) is 31.2 Å². The van der Waals surface area contributed by atoms with Gasteiger partial charge in [-0.3, -0.25) is 4.90 Å². The number of rotatable bonds is 5. The number of hydrogen-bond donors (Lipinski definition) is 2. The van der Waals surface area contributed by atoms with Crippen LogP contribution in [0.1, 0.15) is 39.2 Å². The highest BCUT2D eigenvalue weighted by Crippen LogP contribution is 2.13. The Kier molecular flexibility index (Phi) is 6.25. The fourth-order valence-electron chi connectivity index (χ4n) is 2.68. The minimum Gasteiger partial charge on any atom is -0.335 e. The summed E-state index contributed by atoms with van der Waals surface area (Å²) in [5.41, 5.74) is 1.36. The van der Waals surface area contributed by atoms with Gasteiger partial charge in [-0.1, -0.05) is 44.2 Å². The molecule has 1 aromatic rings. The van der Waals surface area contributed by atoms with Crippen LogP contribution in [0.3, 0.4) is 0 Å². The minimum atomic E-state index is -0.0253. The first-order valence-corrected chi connectivity index (χ1v) is 8.38. The molecule has 1 fully saturated rings. The molecule has 4 heteroatoms. The molecule has 1 heterocycles. The highest BCUT2D eigenvalue weighted by Gasteiger charge is 2.21. The molecule has 2 N–H and O–H groups in total. The third kappa shape index (κ3) is 5.34. The smallest absolute Gasteiger partial charge is 0.315 e. The molecule has 0 radical (unpaired) electrons. The van der Waals surface area contributed by atoms with Gasteiger partial charge in [0.2, 0.25) is 0 Å². The van der Waals surface area contributed by atoms with E-state index in [1.807, 2.05) is 6.92 Å². The molecule has 0 spiro atoms. The zero-order valence-electron chi connectivity index (χ0n) is 14.0. The summed E-state index contributed by atoms with van der Waals surface area (Å²) < 4.78 is 0. The number of piperidine rings is 1. The zero-order valence-corrected chi connectivity index (χ0v) is 14.0. The molecular formula is C18H29N3O. The predicted molar refractivity (Wildman–Crippen MR) is 90.7 cm³/mol. The Bertz CT molecular complexity index is 453. The number of nitrogens with zero attached hydrogens (tertiary/aromatic N) is 1. The van der Waals surface area contributed by atoms with Gasteiger partial charge in [-0.2, -0.15) is 0 Å². The van der Waals surface area contributed by atoms with Crippen molar-refractivity contribution in [3.63, 3.8) is 0 Å². The van der Waals surface area contributed by atoms with Crippen LogP contribution in [0.25, 0.3) is 0 Å². The maximum Gasteiger partial charge on any atom is 0.315 e. The average Bonchev–Trinajstić information content (AvgIpc) is 2.50. The lowest BCUT2D eigenvalue weighted by molar-refractivity contribution is 0.185. The molecule has 22 heavy (non-hydrogen) atoms. The van der Waals surface area contributed by atoms with E-state index in [9.17, 15) is 4.79 Å². The van der Waals surface area contributed by atoms with E-state index in [1.165, 1.54) is 5.56 Å². The van der Waals surface area contributed by atoms with Crippen molar-refractivity contribution in [1.29, 1.82) is 0 Å². The van der Waals surface area contributed by atoms with Crippen LogP contribution in [0.5, 0.6) is 0 Å². The lowest BCUT2D eigenvalue weighted by atomic mass is 10.0. The van der Waals surface area contributed by atoms with Crippen molar-refractivity contribution in [3.8, 4) is 0 Å². The van der Waals surface area contributed by atoms with Crippen LogP contribution < -0.4 is 10.6 Å². The van der Waals surface area contributed by atoms with Crippen LogP contribution >= 0.6 is 0 Å². The molecular weight excluding hydrogens is 274 g/mol. The average molecular weight is 303 g/mol. The molecule has 1 aliphatic heterocycles. The third-order valence-corrected chi connectivity index (χ3v) is 4.53. The predicted octanol–water partition coefficient (Wildman–Crippen LogP) is 2.99. The molecule has 0 saturated carbocycles. The zero-order chi connectivity index (χ0) is 15.9. The lowest BCUT2D eigenvalue weighted by Crippen LogP contribution is -2.50. The van der Waals surface area contributed by atoms with Crippen LogP contribution in [0.2, 0.25) is 0 Å². The number of nitrogens with one attached hydrogen (secondary N) is 2. The molecule has 1 unspecified atom stereocenters. The summed E-state index contributed by atoms with van der Waals surface area (Å²) in [7, 11) is 0. The van der Waals surface area contributed by atoms with Gasteiger partial charge in [0.1, 0.15) is 0 Å². The molecule has 0 bridgehead atoms. The topological polar surface area (TPSA) is 44.4 Å². The first kappa shape index (κ1) is 16.8. The van der Waals surface area contributed by atoms with Gasteiger partial charge in [0.15, 0.2) is 0 Å². The summed E-state index contributed by atoms with van der Waals surface area (Å²) in [6.07, 6.45) is 2.05. The first-order chi connectivity index (χ1) is 10.5. The Hall–Kier alpha value is -1.55. The number of carbonyl (C=O) groups excluding carboxylic acids is 1. The highest BCUT2D eigenvalue weighted by molar-refractivity contribution is 5.74. The van der Waals surface area contributed by atoms with Crippen molar-refractivity contribution in [2.75, 3.05) is 13.1 Å². The van der Waals surface area contributed by atoms with E-state index >= 15 is 0 Å². The van der Waals surface area contributed by atoms with Crippen molar-refractivity contribution in [2.24, 2.45) is 5.92 Å². The molecule has 1 aliphatic rings. The molecule has 122 valence electrons. The molecule has 2 rings (SSSR count). The highest BCUT2D eigenvalue weighted by atomic mass is 16.2. The SMILES string of the molecule is CC(C)C(C)NC(=O)NC1CCN(Cc2ccccc2)CC1. The number of hydrogen-bond acceptors (Lipinski definition) is 2. The summed E-state index contributed by atoms with van der Waals surface area (Å²) in [5.74, 6) is 0.457. The minimum absolute atomic E-state index is 0.0253. The van der Waals surface area contributed by atoms with Crippen molar-refractivity contribution >= 4 is 6.03 Å². The van der Waals surface area contributed by atoms with Gasteiger partial charge in [0.25, 0.3) is 0 Å². The largest absolute Gasteiger partial charge is 0.335 e. The quantitative estimate of drug-likeness (QED) is 0.878. The van der Waals surface area contributed by atoms with Crippen molar-refractivity contribution in [3.05, 3.63) is 35.9 Å². The lowest BCUT2D eigenvalue weighted by Gasteiger charge is -2.32. The van der Waals surface area contributed by atoms with Gasteiger partial charge >= 0.3 is 6.03 Å². The number of carbonyl (C=O) groups is 1. The molecule has 1 aromatic carbocycles.